The van der Waals surface area contributed by atoms with Crippen LogP contribution in [0.3, 0.4) is 0 Å². The van der Waals surface area contributed by atoms with Gasteiger partial charge in [-0.15, -0.1) is 0 Å². The lowest BCUT2D eigenvalue weighted by molar-refractivity contribution is -0.140. The first-order valence-electron chi connectivity index (χ1n) is 7.12. The zero-order valence-corrected chi connectivity index (χ0v) is 12.7. The molecule has 6 heteroatoms. The average molecular weight is 321 g/mol. The van der Waals surface area contributed by atoms with E-state index in [1.54, 1.807) is 0 Å². The number of nitrogens with one attached hydrogen (secondary N) is 1. The number of benzene rings is 1. The maximum Gasteiger partial charge on any atom is 0.419 e. The van der Waals surface area contributed by atoms with E-state index in [9.17, 15) is 17.6 Å². The van der Waals surface area contributed by atoms with Gasteiger partial charge in [0, 0.05) is 17.8 Å². The summed E-state index contributed by atoms with van der Waals surface area (Å²) in [5, 5.41) is 3.85. The maximum absolute atomic E-state index is 13.2. The molecule has 0 heterocycles. The summed E-state index contributed by atoms with van der Waals surface area (Å²) in [4.78, 5) is 0. The van der Waals surface area contributed by atoms with Crippen LogP contribution in [0, 0.1) is 5.82 Å². The van der Waals surface area contributed by atoms with Gasteiger partial charge in [0.15, 0.2) is 0 Å². The van der Waals surface area contributed by atoms with Crippen molar-refractivity contribution in [3.8, 4) is 0 Å². The van der Waals surface area contributed by atoms with E-state index in [1.807, 2.05) is 11.8 Å². The SMILES string of the molecule is CCSC1CCCC1NCc1ccc(F)c(C(F)(F)F)c1. The second kappa shape index (κ2) is 7.01. The Morgan fingerprint density at radius 2 is 2.05 bits per heavy atom. The van der Waals surface area contributed by atoms with Crippen molar-refractivity contribution >= 4 is 11.8 Å². The Morgan fingerprint density at radius 3 is 2.71 bits per heavy atom. The van der Waals surface area contributed by atoms with Gasteiger partial charge in [0.25, 0.3) is 0 Å². The smallest absolute Gasteiger partial charge is 0.309 e. The van der Waals surface area contributed by atoms with Crippen LogP contribution in [-0.4, -0.2) is 17.0 Å². The molecule has 0 amide bonds. The van der Waals surface area contributed by atoms with E-state index >= 15 is 0 Å². The van der Waals surface area contributed by atoms with E-state index in [2.05, 4.69) is 12.2 Å². The molecule has 0 aliphatic heterocycles. The summed E-state index contributed by atoms with van der Waals surface area (Å²) in [6, 6.07) is 3.54. The summed E-state index contributed by atoms with van der Waals surface area (Å²) in [6.45, 7) is 2.45. The monoisotopic (exact) mass is 321 g/mol. The molecule has 0 spiro atoms. The lowest BCUT2D eigenvalue weighted by Crippen LogP contribution is -2.33. The maximum atomic E-state index is 13.2. The molecule has 1 N–H and O–H groups in total. The Labute approximate surface area is 126 Å². The molecule has 21 heavy (non-hydrogen) atoms. The minimum Gasteiger partial charge on any atom is -0.309 e. The summed E-state index contributed by atoms with van der Waals surface area (Å²) in [5.41, 5.74) is -0.719. The van der Waals surface area contributed by atoms with E-state index < -0.39 is 17.6 Å². The molecule has 1 aromatic rings. The first-order chi connectivity index (χ1) is 9.91. The molecule has 118 valence electrons. The Bertz CT molecular complexity index is 475. The highest BCUT2D eigenvalue weighted by Gasteiger charge is 2.34. The zero-order valence-electron chi connectivity index (χ0n) is 11.8. The first kappa shape index (κ1) is 16.6. The van der Waals surface area contributed by atoms with Crippen LogP contribution in [0.25, 0.3) is 0 Å². The van der Waals surface area contributed by atoms with Gasteiger partial charge in [0.2, 0.25) is 0 Å². The molecule has 1 nitrogen and oxygen atoms in total. The average Bonchev–Trinajstić information content (AvgIpc) is 2.84. The third kappa shape index (κ3) is 4.36. The van der Waals surface area contributed by atoms with Crippen LogP contribution in [-0.2, 0) is 12.7 Å². The first-order valence-corrected chi connectivity index (χ1v) is 8.17. The van der Waals surface area contributed by atoms with Crippen molar-refractivity contribution in [2.45, 2.75) is 50.2 Å². The molecule has 0 bridgehead atoms. The van der Waals surface area contributed by atoms with Crippen LogP contribution < -0.4 is 5.32 Å². The Kier molecular flexibility index (Phi) is 5.54. The van der Waals surface area contributed by atoms with E-state index in [0.717, 1.165) is 37.1 Å². The van der Waals surface area contributed by atoms with Gasteiger partial charge >= 0.3 is 6.18 Å². The molecule has 1 fully saturated rings. The van der Waals surface area contributed by atoms with E-state index in [-0.39, 0.29) is 0 Å². The molecule has 1 aliphatic rings. The summed E-state index contributed by atoms with van der Waals surface area (Å²) in [6.07, 6.45) is -1.31. The predicted molar refractivity (Wildman–Crippen MR) is 77.8 cm³/mol. The van der Waals surface area contributed by atoms with Crippen LogP contribution in [0.15, 0.2) is 18.2 Å². The lowest BCUT2D eigenvalue weighted by atomic mass is 10.1. The Balaban J connectivity index is 2.00. The highest BCUT2D eigenvalue weighted by atomic mass is 32.2. The molecule has 1 aliphatic carbocycles. The molecule has 2 unspecified atom stereocenters. The Morgan fingerprint density at radius 1 is 1.29 bits per heavy atom. The van der Waals surface area contributed by atoms with Gasteiger partial charge in [-0.2, -0.15) is 24.9 Å². The summed E-state index contributed by atoms with van der Waals surface area (Å²) in [5.74, 6) is -0.177. The van der Waals surface area contributed by atoms with Crippen LogP contribution >= 0.6 is 11.8 Å². The van der Waals surface area contributed by atoms with Crippen molar-refractivity contribution in [1.29, 1.82) is 0 Å². The standard InChI is InChI=1S/C15H19F4NS/c1-2-21-14-5-3-4-13(14)20-9-10-6-7-12(16)11(8-10)15(17,18)19/h6-8,13-14,20H,2-5,9H2,1H3. The quantitative estimate of drug-likeness (QED) is 0.795. The fourth-order valence-electron chi connectivity index (χ4n) is 2.72. The van der Waals surface area contributed by atoms with Gasteiger partial charge in [-0.3, -0.25) is 0 Å². The molecule has 2 atom stereocenters. The van der Waals surface area contributed by atoms with Crippen molar-refractivity contribution in [1.82, 2.24) is 5.32 Å². The third-order valence-corrected chi connectivity index (χ3v) is 5.06. The highest BCUT2D eigenvalue weighted by Crippen LogP contribution is 2.32. The summed E-state index contributed by atoms with van der Waals surface area (Å²) < 4.78 is 51.2. The second-order valence-electron chi connectivity index (χ2n) is 5.22. The molecule has 0 aromatic heterocycles. The fourth-order valence-corrected chi connectivity index (χ4v) is 3.95. The van der Waals surface area contributed by atoms with Gasteiger partial charge in [0.05, 0.1) is 5.56 Å². The summed E-state index contributed by atoms with van der Waals surface area (Å²) >= 11 is 1.89. The van der Waals surface area contributed by atoms with Crippen molar-refractivity contribution in [2.24, 2.45) is 0 Å². The van der Waals surface area contributed by atoms with Gasteiger partial charge < -0.3 is 5.32 Å². The summed E-state index contributed by atoms with van der Waals surface area (Å²) in [7, 11) is 0. The zero-order chi connectivity index (χ0) is 15.5. The highest BCUT2D eigenvalue weighted by molar-refractivity contribution is 7.99. The molecule has 0 radical (unpaired) electrons. The van der Waals surface area contributed by atoms with Gasteiger partial charge in [0.1, 0.15) is 5.82 Å². The van der Waals surface area contributed by atoms with E-state index in [1.165, 1.54) is 6.07 Å². The van der Waals surface area contributed by atoms with Crippen LogP contribution in [0.5, 0.6) is 0 Å². The topological polar surface area (TPSA) is 12.0 Å². The van der Waals surface area contributed by atoms with Crippen molar-refractivity contribution < 1.29 is 17.6 Å². The van der Waals surface area contributed by atoms with Gasteiger partial charge in [-0.1, -0.05) is 19.4 Å². The Hall–Kier alpha value is -0.750. The van der Waals surface area contributed by atoms with Gasteiger partial charge in [-0.05, 0) is 36.3 Å². The normalized spacial score (nSPS) is 22.7. The number of hydrogen-bond acceptors (Lipinski definition) is 2. The van der Waals surface area contributed by atoms with Crippen LogP contribution in [0.4, 0.5) is 17.6 Å². The number of halogens is 4. The molecular weight excluding hydrogens is 302 g/mol. The fraction of sp³-hybridized carbons (Fsp3) is 0.600. The predicted octanol–water partition coefficient (Wildman–Crippen LogP) is 4.61. The number of hydrogen-bond donors (Lipinski definition) is 1. The number of rotatable bonds is 5. The van der Waals surface area contributed by atoms with Crippen molar-refractivity contribution in [3.05, 3.63) is 35.1 Å². The van der Waals surface area contributed by atoms with Crippen molar-refractivity contribution in [2.75, 3.05) is 5.75 Å². The third-order valence-electron chi connectivity index (χ3n) is 3.74. The van der Waals surface area contributed by atoms with Crippen LogP contribution in [0.1, 0.15) is 37.3 Å². The minimum absolute atomic E-state index is 0.328. The second-order valence-corrected chi connectivity index (χ2v) is 6.74. The van der Waals surface area contributed by atoms with E-state index in [0.29, 0.717) is 23.4 Å². The van der Waals surface area contributed by atoms with E-state index in [4.69, 9.17) is 0 Å². The molecule has 1 aromatic carbocycles. The largest absolute Gasteiger partial charge is 0.419 e. The number of alkyl halides is 3. The minimum atomic E-state index is -4.64. The molecule has 1 saturated carbocycles. The molecule has 0 saturated heterocycles. The molecular formula is C15H19F4NS. The van der Waals surface area contributed by atoms with Gasteiger partial charge in [-0.25, -0.2) is 4.39 Å². The number of thioether (sulfide) groups is 1. The molecule has 2 rings (SSSR count). The van der Waals surface area contributed by atoms with Crippen molar-refractivity contribution in [3.63, 3.8) is 0 Å². The van der Waals surface area contributed by atoms with Crippen LogP contribution in [0.2, 0.25) is 0 Å². The lowest BCUT2D eigenvalue weighted by Gasteiger charge is -2.20.